The second-order valence-corrected chi connectivity index (χ2v) is 1.98. The highest BCUT2D eigenvalue weighted by atomic mass is 16.3. The van der Waals surface area contributed by atoms with Crippen molar-refractivity contribution >= 4 is 0 Å². The molecule has 0 aromatic heterocycles. The Bertz CT molecular complexity index is 45.3. The van der Waals surface area contributed by atoms with Gasteiger partial charge >= 0.3 is 0 Å². The van der Waals surface area contributed by atoms with Crippen LogP contribution in [-0.2, 0) is 5.11 Å². The van der Waals surface area contributed by atoms with Gasteiger partial charge in [-0.2, -0.15) is 0 Å². The molecular weight excluding hydrogens is 90.1 g/mol. The molecule has 0 saturated carbocycles. The van der Waals surface area contributed by atoms with Crippen LogP contribution in [0.4, 0.5) is 0 Å². The first-order chi connectivity index (χ1) is 3.18. The van der Waals surface area contributed by atoms with Crippen molar-refractivity contribution in [3.8, 4) is 0 Å². The smallest absolute Gasteiger partial charge is 0.0974 e. The van der Waals surface area contributed by atoms with E-state index in [1.807, 2.05) is 25.9 Å². The highest BCUT2D eigenvalue weighted by molar-refractivity contribution is 4.53. The number of rotatable bonds is 2. The van der Waals surface area contributed by atoms with E-state index >= 15 is 0 Å². The van der Waals surface area contributed by atoms with Gasteiger partial charge in [-0.05, 0) is 21.0 Å². The van der Waals surface area contributed by atoms with Gasteiger partial charge in [0, 0.05) is 6.04 Å². The molecule has 0 aliphatic rings. The number of likely N-dealkylation sites (N-methyl/N-ethyl adjacent to an activating group) is 1. The van der Waals surface area contributed by atoms with E-state index in [4.69, 9.17) is 0 Å². The molecule has 0 saturated heterocycles. The summed E-state index contributed by atoms with van der Waals surface area (Å²) < 4.78 is 0. The molecule has 0 fully saturated rings. The third kappa shape index (κ3) is 2.60. The van der Waals surface area contributed by atoms with Crippen LogP contribution in [0.3, 0.4) is 0 Å². The molecule has 0 aromatic rings. The minimum atomic E-state index is -0.00694. The van der Waals surface area contributed by atoms with Crippen molar-refractivity contribution in [1.29, 1.82) is 0 Å². The van der Waals surface area contributed by atoms with Gasteiger partial charge < -0.3 is 4.90 Å². The maximum Gasteiger partial charge on any atom is 0.0974 e. The molecule has 0 N–H and O–H groups in total. The van der Waals surface area contributed by atoms with E-state index in [0.717, 1.165) is 0 Å². The Morgan fingerprint density at radius 3 is 2.00 bits per heavy atom. The Kier molecular flexibility index (Phi) is 2.96. The van der Waals surface area contributed by atoms with Crippen LogP contribution in [0.1, 0.15) is 6.92 Å². The second-order valence-electron chi connectivity index (χ2n) is 1.98. The van der Waals surface area contributed by atoms with Gasteiger partial charge in [0.1, 0.15) is 0 Å². The Labute approximate surface area is 44.8 Å². The molecule has 43 valence electrons. The SMILES string of the molecule is CC(C[O])N(C)C. The summed E-state index contributed by atoms with van der Waals surface area (Å²) in [6.45, 7) is 1.90. The lowest BCUT2D eigenvalue weighted by molar-refractivity contribution is 0.120. The molecule has 0 aromatic carbocycles. The molecule has 0 amide bonds. The van der Waals surface area contributed by atoms with Crippen molar-refractivity contribution in [2.75, 3.05) is 20.7 Å². The summed E-state index contributed by atoms with van der Waals surface area (Å²) in [6.07, 6.45) is 0. The third-order valence-corrected chi connectivity index (χ3v) is 1.12. The van der Waals surface area contributed by atoms with Crippen molar-refractivity contribution in [3.05, 3.63) is 0 Å². The van der Waals surface area contributed by atoms with Crippen molar-refractivity contribution in [2.45, 2.75) is 13.0 Å². The summed E-state index contributed by atoms with van der Waals surface area (Å²) in [5.74, 6) is 0. The average Bonchev–Trinajstić information content (AvgIpc) is 1.65. The molecule has 0 aliphatic carbocycles. The molecule has 0 aliphatic heterocycles. The maximum atomic E-state index is 10.0. The standard InChI is InChI=1S/C5H12NO/c1-5(4-7)6(2)3/h5H,4H2,1-3H3. The van der Waals surface area contributed by atoms with E-state index in [-0.39, 0.29) is 12.6 Å². The fourth-order valence-electron chi connectivity index (χ4n) is 0.149. The van der Waals surface area contributed by atoms with E-state index in [1.54, 1.807) is 0 Å². The van der Waals surface area contributed by atoms with Crippen LogP contribution >= 0.6 is 0 Å². The summed E-state index contributed by atoms with van der Waals surface area (Å²) in [4.78, 5) is 1.91. The van der Waals surface area contributed by atoms with Gasteiger partial charge in [0.2, 0.25) is 0 Å². The Morgan fingerprint density at radius 2 is 2.00 bits per heavy atom. The number of hydrogen-bond acceptors (Lipinski definition) is 1. The zero-order valence-corrected chi connectivity index (χ0v) is 5.14. The van der Waals surface area contributed by atoms with Gasteiger partial charge in [0.05, 0.1) is 6.61 Å². The third-order valence-electron chi connectivity index (χ3n) is 1.12. The van der Waals surface area contributed by atoms with Gasteiger partial charge in [-0.1, -0.05) is 0 Å². The second kappa shape index (κ2) is 2.99. The van der Waals surface area contributed by atoms with Gasteiger partial charge in [-0.3, -0.25) is 0 Å². The van der Waals surface area contributed by atoms with Crippen molar-refractivity contribution < 1.29 is 5.11 Å². The van der Waals surface area contributed by atoms with Crippen LogP contribution in [0, 0.1) is 0 Å². The highest BCUT2D eigenvalue weighted by Gasteiger charge is 1.99. The maximum absolute atomic E-state index is 10.0. The molecule has 0 spiro atoms. The molecule has 1 atom stereocenters. The molecule has 1 radical (unpaired) electrons. The van der Waals surface area contributed by atoms with Crippen LogP contribution in [-0.4, -0.2) is 31.6 Å². The fourth-order valence-corrected chi connectivity index (χ4v) is 0.149. The average molecular weight is 102 g/mol. The Morgan fingerprint density at radius 1 is 1.57 bits per heavy atom. The zero-order valence-electron chi connectivity index (χ0n) is 5.14. The Balaban J connectivity index is 3.14. The first-order valence-electron chi connectivity index (χ1n) is 2.43. The van der Waals surface area contributed by atoms with Crippen LogP contribution < -0.4 is 0 Å². The van der Waals surface area contributed by atoms with Gasteiger partial charge in [0.25, 0.3) is 0 Å². The quantitative estimate of drug-likeness (QED) is 0.494. The monoisotopic (exact) mass is 102 g/mol. The van der Waals surface area contributed by atoms with E-state index in [2.05, 4.69) is 0 Å². The van der Waals surface area contributed by atoms with Crippen molar-refractivity contribution in [2.24, 2.45) is 0 Å². The molecule has 0 heterocycles. The summed E-state index contributed by atoms with van der Waals surface area (Å²) in [5, 5.41) is 10.0. The summed E-state index contributed by atoms with van der Waals surface area (Å²) >= 11 is 0. The van der Waals surface area contributed by atoms with Crippen molar-refractivity contribution in [3.63, 3.8) is 0 Å². The van der Waals surface area contributed by atoms with Crippen LogP contribution in [0.2, 0.25) is 0 Å². The lowest BCUT2D eigenvalue weighted by atomic mass is 10.3. The molecule has 2 heteroatoms. The highest BCUT2D eigenvalue weighted by Crippen LogP contribution is 1.86. The molecule has 7 heavy (non-hydrogen) atoms. The molecule has 1 unspecified atom stereocenters. The van der Waals surface area contributed by atoms with Crippen molar-refractivity contribution in [1.82, 2.24) is 4.90 Å². The normalized spacial score (nSPS) is 15.0. The van der Waals surface area contributed by atoms with E-state index in [0.29, 0.717) is 0 Å². The molecule has 2 nitrogen and oxygen atoms in total. The number of hydrogen-bond donors (Lipinski definition) is 0. The van der Waals surface area contributed by atoms with Crippen LogP contribution in [0.5, 0.6) is 0 Å². The predicted molar refractivity (Wildman–Crippen MR) is 28.7 cm³/mol. The number of nitrogens with zero attached hydrogens (tertiary/aromatic N) is 1. The minimum Gasteiger partial charge on any atom is -0.304 e. The van der Waals surface area contributed by atoms with Gasteiger partial charge in [-0.15, -0.1) is 0 Å². The Hall–Kier alpha value is -0.0800. The van der Waals surface area contributed by atoms with E-state index < -0.39 is 0 Å². The lowest BCUT2D eigenvalue weighted by Crippen LogP contribution is -2.27. The zero-order chi connectivity index (χ0) is 5.86. The molecular formula is C5H12NO. The summed E-state index contributed by atoms with van der Waals surface area (Å²) in [5.41, 5.74) is 0. The lowest BCUT2D eigenvalue weighted by Gasteiger charge is -2.14. The van der Waals surface area contributed by atoms with E-state index in [1.165, 1.54) is 0 Å². The molecule has 0 rings (SSSR count). The summed E-state index contributed by atoms with van der Waals surface area (Å²) in [7, 11) is 3.81. The first-order valence-corrected chi connectivity index (χ1v) is 2.43. The van der Waals surface area contributed by atoms with Crippen LogP contribution in [0.25, 0.3) is 0 Å². The molecule has 0 bridgehead atoms. The van der Waals surface area contributed by atoms with E-state index in [9.17, 15) is 5.11 Å². The largest absolute Gasteiger partial charge is 0.304 e. The first kappa shape index (κ1) is 6.92. The predicted octanol–water partition coefficient (Wildman–Crippen LogP) is 0.367. The fraction of sp³-hybridized carbons (Fsp3) is 1.00. The topological polar surface area (TPSA) is 23.1 Å². The van der Waals surface area contributed by atoms with Crippen LogP contribution in [0.15, 0.2) is 0 Å². The minimum absolute atomic E-state index is 0.00694. The van der Waals surface area contributed by atoms with Gasteiger partial charge in [0.15, 0.2) is 0 Å². The van der Waals surface area contributed by atoms with Gasteiger partial charge in [-0.25, -0.2) is 5.11 Å². The summed E-state index contributed by atoms with van der Waals surface area (Å²) in [6, 6.07) is 0.181.